The molecule has 2 rings (SSSR count). The predicted molar refractivity (Wildman–Crippen MR) is 85.6 cm³/mol. The number of nitriles is 1. The molecule has 24 heavy (non-hydrogen) atoms. The van der Waals surface area contributed by atoms with Gasteiger partial charge in [0.1, 0.15) is 24.0 Å². The average Bonchev–Trinajstić information content (AvgIpc) is 2.55. The van der Waals surface area contributed by atoms with E-state index in [1.807, 2.05) is 6.07 Å². The Morgan fingerprint density at radius 1 is 1.38 bits per heavy atom. The van der Waals surface area contributed by atoms with Crippen LogP contribution in [0.15, 0.2) is 29.1 Å². The van der Waals surface area contributed by atoms with Gasteiger partial charge in [0.05, 0.1) is 5.69 Å². The fraction of sp³-hybridized carbons (Fsp3) is 0.294. The summed E-state index contributed by atoms with van der Waals surface area (Å²) in [7, 11) is 1.52. The Kier molecular flexibility index (Phi) is 5.09. The van der Waals surface area contributed by atoms with Crippen molar-refractivity contribution in [2.24, 2.45) is 0 Å². The van der Waals surface area contributed by atoms with Crippen molar-refractivity contribution in [1.82, 2.24) is 14.7 Å². The van der Waals surface area contributed by atoms with Crippen molar-refractivity contribution >= 4 is 5.91 Å². The van der Waals surface area contributed by atoms with Crippen LogP contribution in [0.4, 0.5) is 4.39 Å². The molecule has 0 aliphatic rings. The molecule has 124 valence electrons. The average molecular weight is 328 g/mol. The van der Waals surface area contributed by atoms with Crippen molar-refractivity contribution in [3.05, 3.63) is 62.8 Å². The van der Waals surface area contributed by atoms with E-state index in [1.165, 1.54) is 18.0 Å². The standard InChI is InChI=1S/C17H17FN4O2/c1-11-12(2)20-22(17(24)14(11)8-19)10-16(23)21(3)9-13-6-4-5-7-15(13)18/h4-7H,9-10H2,1-3H3. The SMILES string of the molecule is Cc1nn(CC(=O)N(C)Cc2ccccc2F)c(=O)c(C#N)c1C. The molecule has 7 heteroatoms. The molecule has 0 aliphatic carbocycles. The van der Waals surface area contributed by atoms with Gasteiger partial charge in [-0.2, -0.15) is 10.4 Å². The molecule has 0 spiro atoms. The summed E-state index contributed by atoms with van der Waals surface area (Å²) in [6, 6.07) is 8.02. The maximum atomic E-state index is 13.7. The van der Waals surface area contributed by atoms with E-state index < -0.39 is 17.3 Å². The van der Waals surface area contributed by atoms with Crippen molar-refractivity contribution in [2.75, 3.05) is 7.05 Å². The number of hydrogen-bond acceptors (Lipinski definition) is 4. The summed E-state index contributed by atoms with van der Waals surface area (Å²) in [5, 5.41) is 13.1. The fourth-order valence-corrected chi connectivity index (χ4v) is 2.23. The maximum absolute atomic E-state index is 13.7. The van der Waals surface area contributed by atoms with Gasteiger partial charge >= 0.3 is 0 Å². The maximum Gasteiger partial charge on any atom is 0.285 e. The van der Waals surface area contributed by atoms with Crippen molar-refractivity contribution in [2.45, 2.75) is 26.9 Å². The van der Waals surface area contributed by atoms with E-state index in [0.717, 1.165) is 4.68 Å². The molecule has 0 radical (unpaired) electrons. The summed E-state index contributed by atoms with van der Waals surface area (Å²) in [6.45, 7) is 3.08. The monoisotopic (exact) mass is 328 g/mol. The Balaban J connectivity index is 2.21. The molecule has 0 saturated heterocycles. The number of likely N-dealkylation sites (N-methyl/N-ethyl adjacent to an activating group) is 1. The number of halogens is 1. The van der Waals surface area contributed by atoms with E-state index in [2.05, 4.69) is 5.10 Å². The van der Waals surface area contributed by atoms with Gasteiger partial charge in [0.2, 0.25) is 5.91 Å². The lowest BCUT2D eigenvalue weighted by Gasteiger charge is -2.18. The van der Waals surface area contributed by atoms with Crippen molar-refractivity contribution in [1.29, 1.82) is 5.26 Å². The lowest BCUT2D eigenvalue weighted by Crippen LogP contribution is -2.36. The summed E-state index contributed by atoms with van der Waals surface area (Å²) < 4.78 is 14.6. The van der Waals surface area contributed by atoms with Crippen molar-refractivity contribution < 1.29 is 9.18 Å². The largest absolute Gasteiger partial charge is 0.340 e. The number of aryl methyl sites for hydroxylation is 1. The Morgan fingerprint density at radius 2 is 2.04 bits per heavy atom. The molecule has 0 N–H and O–H groups in total. The summed E-state index contributed by atoms with van der Waals surface area (Å²) >= 11 is 0. The molecular formula is C17H17FN4O2. The van der Waals surface area contributed by atoms with Crippen LogP contribution in [-0.2, 0) is 17.9 Å². The summed E-state index contributed by atoms with van der Waals surface area (Å²) in [5.74, 6) is -0.801. The third kappa shape index (κ3) is 3.49. The first-order valence-electron chi connectivity index (χ1n) is 7.31. The molecule has 1 heterocycles. The van der Waals surface area contributed by atoms with Gasteiger partial charge < -0.3 is 4.90 Å². The van der Waals surface area contributed by atoms with E-state index in [-0.39, 0.29) is 18.7 Å². The third-order valence-corrected chi connectivity index (χ3v) is 3.82. The molecular weight excluding hydrogens is 311 g/mol. The Bertz CT molecular complexity index is 883. The van der Waals surface area contributed by atoms with Crippen LogP contribution in [0.3, 0.4) is 0 Å². The van der Waals surface area contributed by atoms with Gasteiger partial charge in [-0.05, 0) is 25.5 Å². The number of amides is 1. The van der Waals surface area contributed by atoms with E-state index >= 15 is 0 Å². The molecule has 0 saturated carbocycles. The number of rotatable bonds is 4. The van der Waals surface area contributed by atoms with Crippen LogP contribution in [0.5, 0.6) is 0 Å². The molecule has 2 aromatic rings. The summed E-state index contributed by atoms with van der Waals surface area (Å²) in [6.07, 6.45) is 0. The number of benzene rings is 1. The molecule has 0 aliphatic heterocycles. The minimum atomic E-state index is -0.603. The molecule has 6 nitrogen and oxygen atoms in total. The quantitative estimate of drug-likeness (QED) is 0.852. The van der Waals surface area contributed by atoms with Gasteiger partial charge in [-0.1, -0.05) is 18.2 Å². The zero-order valence-electron chi connectivity index (χ0n) is 13.7. The first-order chi connectivity index (χ1) is 11.3. The lowest BCUT2D eigenvalue weighted by atomic mass is 10.1. The summed E-state index contributed by atoms with van der Waals surface area (Å²) in [5.41, 5.74) is 0.772. The summed E-state index contributed by atoms with van der Waals surface area (Å²) in [4.78, 5) is 25.8. The second-order valence-corrected chi connectivity index (χ2v) is 5.50. The fourth-order valence-electron chi connectivity index (χ4n) is 2.23. The normalized spacial score (nSPS) is 10.3. The molecule has 0 atom stereocenters. The zero-order valence-corrected chi connectivity index (χ0v) is 13.7. The van der Waals surface area contributed by atoms with Crippen LogP contribution in [0.1, 0.15) is 22.4 Å². The first kappa shape index (κ1) is 17.3. The Morgan fingerprint density at radius 3 is 2.67 bits per heavy atom. The number of nitrogens with zero attached hydrogens (tertiary/aromatic N) is 4. The second-order valence-electron chi connectivity index (χ2n) is 5.50. The highest BCUT2D eigenvalue weighted by Crippen LogP contribution is 2.09. The first-order valence-corrected chi connectivity index (χ1v) is 7.31. The van der Waals surface area contributed by atoms with Gasteiger partial charge in [0.25, 0.3) is 5.56 Å². The number of carbonyl (C=O) groups is 1. The van der Waals surface area contributed by atoms with Crippen LogP contribution in [-0.4, -0.2) is 27.6 Å². The van der Waals surface area contributed by atoms with E-state index in [0.29, 0.717) is 16.8 Å². The Labute approximate surface area is 138 Å². The molecule has 0 bridgehead atoms. The molecule has 0 unspecified atom stereocenters. The van der Waals surface area contributed by atoms with Crippen LogP contribution >= 0.6 is 0 Å². The molecule has 1 aromatic heterocycles. The number of carbonyl (C=O) groups excluding carboxylic acids is 1. The molecule has 1 amide bonds. The van der Waals surface area contributed by atoms with Crippen LogP contribution in [0.25, 0.3) is 0 Å². The smallest absolute Gasteiger partial charge is 0.285 e. The van der Waals surface area contributed by atoms with Gasteiger partial charge in [-0.3, -0.25) is 9.59 Å². The minimum Gasteiger partial charge on any atom is -0.340 e. The van der Waals surface area contributed by atoms with E-state index in [4.69, 9.17) is 5.26 Å². The number of aromatic nitrogens is 2. The highest BCUT2D eigenvalue weighted by atomic mass is 19.1. The van der Waals surface area contributed by atoms with Crippen molar-refractivity contribution in [3.63, 3.8) is 0 Å². The highest BCUT2D eigenvalue weighted by Gasteiger charge is 2.17. The van der Waals surface area contributed by atoms with Gasteiger partial charge in [-0.15, -0.1) is 0 Å². The molecule has 1 aromatic carbocycles. The van der Waals surface area contributed by atoms with E-state index in [9.17, 15) is 14.0 Å². The van der Waals surface area contributed by atoms with Gasteiger partial charge in [0, 0.05) is 19.2 Å². The van der Waals surface area contributed by atoms with E-state index in [1.54, 1.807) is 32.0 Å². The van der Waals surface area contributed by atoms with Crippen LogP contribution in [0, 0.1) is 31.0 Å². The highest BCUT2D eigenvalue weighted by molar-refractivity contribution is 5.75. The van der Waals surface area contributed by atoms with Gasteiger partial charge in [0.15, 0.2) is 0 Å². The second kappa shape index (κ2) is 7.04. The minimum absolute atomic E-state index is 0.0212. The Hall–Kier alpha value is -3.01. The lowest BCUT2D eigenvalue weighted by molar-refractivity contribution is -0.131. The number of hydrogen-bond donors (Lipinski definition) is 0. The van der Waals surface area contributed by atoms with Crippen LogP contribution in [0.2, 0.25) is 0 Å². The zero-order chi connectivity index (χ0) is 17.9. The van der Waals surface area contributed by atoms with Crippen LogP contribution < -0.4 is 5.56 Å². The van der Waals surface area contributed by atoms with Crippen molar-refractivity contribution in [3.8, 4) is 6.07 Å². The topological polar surface area (TPSA) is 79.0 Å². The molecule has 0 fully saturated rings. The van der Waals surface area contributed by atoms with Gasteiger partial charge in [-0.25, -0.2) is 9.07 Å². The third-order valence-electron chi connectivity index (χ3n) is 3.82. The predicted octanol–water partition coefficient (Wildman–Crippen LogP) is 1.53.